The van der Waals surface area contributed by atoms with E-state index in [9.17, 15) is 36.7 Å². The fourth-order valence-electron chi connectivity index (χ4n) is 9.06. The van der Waals surface area contributed by atoms with Crippen molar-refractivity contribution in [3.8, 4) is 40.1 Å². The number of nitrogens with zero attached hydrogens (tertiary/aromatic N) is 10. The van der Waals surface area contributed by atoms with Gasteiger partial charge in [0, 0.05) is 36.5 Å². The predicted octanol–water partition coefficient (Wildman–Crippen LogP) is 12.3. The molecule has 12 aromatic rings. The van der Waals surface area contributed by atoms with E-state index in [1.807, 2.05) is 58.3 Å². The molecule has 12 rings (SSSR count). The van der Waals surface area contributed by atoms with Crippen molar-refractivity contribution in [1.82, 2.24) is 70.2 Å². The maximum atomic E-state index is 13.3. The molecule has 1 amide bonds. The number of esters is 2. The number of halogens is 5. The Hall–Kier alpha value is -11.7. The van der Waals surface area contributed by atoms with Gasteiger partial charge in [-0.3, -0.25) is 20.1 Å². The quantitative estimate of drug-likeness (QED) is 0.0371. The van der Waals surface area contributed by atoms with Gasteiger partial charge in [0.05, 0.1) is 135 Å². The number of benzene rings is 6. The lowest BCUT2D eigenvalue weighted by atomic mass is 10.1. The number of rotatable bonds is 19. The normalized spacial score (nSPS) is 10.4. The number of nitrogens with one attached hydrogen (secondary N) is 4. The predicted molar refractivity (Wildman–Crippen MR) is 358 cm³/mol. The molecule has 0 aliphatic carbocycles. The summed E-state index contributed by atoms with van der Waals surface area (Å²) in [5.41, 5.74) is 7.32. The number of para-hydroxylation sites is 2. The highest BCUT2D eigenvalue weighted by Gasteiger charge is 2.19. The number of hydrogen-bond donors (Lipinski definition) is 5. The van der Waals surface area contributed by atoms with Gasteiger partial charge in [0.2, 0.25) is 0 Å². The number of aromatic amines is 3. The van der Waals surface area contributed by atoms with Crippen LogP contribution in [0.4, 0.5) is 17.6 Å². The summed E-state index contributed by atoms with van der Waals surface area (Å²) < 4.78 is 86.7. The highest BCUT2D eigenvalue weighted by Crippen LogP contribution is 2.30. The van der Waals surface area contributed by atoms with Crippen LogP contribution in [0.15, 0.2) is 176 Å². The molecule has 5 N–H and O–H groups in total. The second-order valence-electron chi connectivity index (χ2n) is 20.1. The summed E-state index contributed by atoms with van der Waals surface area (Å²) in [6.45, 7) is 10.4. The number of fused-ring (bicyclic) bond motifs is 2. The third-order valence-corrected chi connectivity index (χ3v) is 14.1. The molecule has 0 saturated heterocycles. The summed E-state index contributed by atoms with van der Waals surface area (Å²) in [5.74, 6) is -1.81. The van der Waals surface area contributed by atoms with Crippen molar-refractivity contribution in [2.45, 2.75) is 40.8 Å². The molecule has 0 atom stereocenters. The van der Waals surface area contributed by atoms with Crippen LogP contribution in [0.1, 0.15) is 80.3 Å². The highest BCUT2D eigenvalue weighted by atomic mass is 79.9. The summed E-state index contributed by atoms with van der Waals surface area (Å²) in [6, 6.07) is 31.3. The van der Waals surface area contributed by atoms with E-state index in [0.29, 0.717) is 89.7 Å². The summed E-state index contributed by atoms with van der Waals surface area (Å²) in [6.07, 6.45) is 12.9. The molecule has 0 bridgehead atoms. The molecule has 6 heterocycles. The molecule has 25 nitrogen and oxygen atoms in total. The first kappa shape index (κ1) is 73.7. The van der Waals surface area contributed by atoms with E-state index < -0.39 is 29.4 Å². The molecule has 0 fully saturated rings. The number of methoxy groups -OCH3 is 2. The van der Waals surface area contributed by atoms with Crippen LogP contribution in [0.3, 0.4) is 0 Å². The lowest BCUT2D eigenvalue weighted by molar-refractivity contribution is 0.0591. The zero-order valence-electron chi connectivity index (χ0n) is 54.3. The van der Waals surface area contributed by atoms with Crippen LogP contribution in [0, 0.1) is 23.3 Å². The fraction of sp³-hybridized carbons (Fsp3) is 0.206. The van der Waals surface area contributed by atoms with Crippen molar-refractivity contribution >= 4 is 61.6 Å². The largest absolute Gasteiger partial charge is 0.493 e. The monoisotopic (exact) mass is 1410 g/mol. The van der Waals surface area contributed by atoms with E-state index in [0.717, 1.165) is 57.8 Å². The maximum absolute atomic E-state index is 13.3. The third-order valence-electron chi connectivity index (χ3n) is 13.5. The topological polar surface area (TPSA) is 299 Å². The Morgan fingerprint density at radius 2 is 0.949 bits per heavy atom. The van der Waals surface area contributed by atoms with Crippen LogP contribution >= 0.6 is 15.9 Å². The maximum Gasteiger partial charge on any atom is 0.337 e. The smallest absolute Gasteiger partial charge is 0.337 e. The number of carboxylic acid groups (broad SMARTS) is 1. The van der Waals surface area contributed by atoms with E-state index >= 15 is 0 Å². The van der Waals surface area contributed by atoms with Crippen molar-refractivity contribution in [3.63, 3.8) is 0 Å². The number of hydrogen-bond acceptors (Lipinski definition) is 17. The first-order chi connectivity index (χ1) is 47.3. The van der Waals surface area contributed by atoms with Crippen LogP contribution < -0.4 is 24.3 Å². The Morgan fingerprint density at radius 3 is 1.36 bits per heavy atom. The van der Waals surface area contributed by atoms with Crippen molar-refractivity contribution < 1.29 is 70.3 Å². The van der Waals surface area contributed by atoms with Crippen LogP contribution in [0.25, 0.3) is 38.9 Å². The van der Waals surface area contributed by atoms with Crippen molar-refractivity contribution in [2.75, 3.05) is 54.7 Å². The zero-order valence-corrected chi connectivity index (χ0v) is 55.9. The number of amides is 1. The van der Waals surface area contributed by atoms with Crippen LogP contribution in [-0.4, -0.2) is 148 Å². The number of H-pyrrole nitrogens is 3. The molecule has 0 saturated carbocycles. The van der Waals surface area contributed by atoms with E-state index in [-0.39, 0.29) is 23.3 Å². The molecule has 0 radical (unpaired) electrons. The molecule has 6 aromatic heterocycles. The van der Waals surface area contributed by atoms with Gasteiger partial charge in [0.1, 0.15) is 40.1 Å². The molecule has 6 aromatic carbocycles. The van der Waals surface area contributed by atoms with Gasteiger partial charge in [0.15, 0.2) is 23.3 Å². The van der Waals surface area contributed by atoms with Gasteiger partial charge >= 0.3 is 17.9 Å². The SMILES string of the molecule is CCOc1cc(C(=O)N(C)Cc2cccc3cn[nH]c23)ccc1-n1cc(F)cn1.CCOc1cc(C(=O)O)ccc1-n1cc(F)cn1.CCOc1cc(C(=O)OC)ccc1-n1cc(F)cn1.CCOc1cc(C(=O)OC)ccc1Br.CNCc1cccc2cn[nH]c12.Fc1cn[nH]c1. The number of aromatic nitrogens is 12. The van der Waals surface area contributed by atoms with E-state index in [2.05, 4.69) is 88.7 Å². The average Bonchev–Trinajstić information content (AvgIpc) is 1.57. The van der Waals surface area contributed by atoms with E-state index in [1.165, 1.54) is 82.2 Å². The van der Waals surface area contributed by atoms with Gasteiger partial charge in [-0.1, -0.05) is 36.4 Å². The summed E-state index contributed by atoms with van der Waals surface area (Å²) in [7, 11) is 6.34. The van der Waals surface area contributed by atoms with Crippen molar-refractivity contribution in [1.29, 1.82) is 0 Å². The van der Waals surface area contributed by atoms with Crippen molar-refractivity contribution in [3.05, 3.63) is 232 Å². The Kier molecular flexibility index (Phi) is 27.7. The molecule has 0 spiro atoms. The second kappa shape index (κ2) is 36.9. The van der Waals surface area contributed by atoms with Gasteiger partial charge in [-0.15, -0.1) is 0 Å². The lowest BCUT2D eigenvalue weighted by Crippen LogP contribution is -2.26. The number of aromatic carboxylic acids is 1. The Labute approximate surface area is 567 Å². The average molecular weight is 1410 g/mol. The van der Waals surface area contributed by atoms with Gasteiger partial charge in [-0.05, 0) is 135 Å². The van der Waals surface area contributed by atoms with Crippen LogP contribution in [0.5, 0.6) is 23.0 Å². The van der Waals surface area contributed by atoms with E-state index in [1.54, 1.807) is 79.7 Å². The van der Waals surface area contributed by atoms with E-state index in [4.69, 9.17) is 24.1 Å². The molecule has 0 aliphatic rings. The Balaban J connectivity index is 0.000000174. The number of carboxylic acids is 1. The Morgan fingerprint density at radius 1 is 0.531 bits per heavy atom. The van der Waals surface area contributed by atoms with Crippen LogP contribution in [0.2, 0.25) is 0 Å². The van der Waals surface area contributed by atoms with Gasteiger partial charge in [-0.25, -0.2) is 46.0 Å². The lowest BCUT2D eigenvalue weighted by Gasteiger charge is -2.19. The minimum absolute atomic E-state index is 0.106. The molecular formula is C68H69BrF4N14O11. The van der Waals surface area contributed by atoms with Crippen molar-refractivity contribution in [2.24, 2.45) is 0 Å². The standard InChI is InChI=1S/C21H20FN5O2.C13H13FN2O3.C12H11FN2O3.C10H11BrO3.C9H11N3.C3H3FN2/c1-3-29-19-9-14(7-8-18(19)27-13-17(22)11-24-27)21(28)26(2)12-16-6-4-5-15-10-23-25-20(15)16;1-3-19-12-6-9(13(17)18-2)4-5-11(12)16-8-10(14)7-15-16;1-2-18-11-5-8(12(16)17)3-4-10(11)15-7-9(13)6-14-15;1-3-14-9-6-7(10(12)13-2)4-5-8(9)11;1-10-5-7-3-2-4-8-6-11-12-9(7)8;4-3-1-5-6-2-3/h4-11,13H,3,12H2,1-2H3,(H,23,25);4-8H,3H2,1-2H3;3-7H,2H2,1H3,(H,16,17);4-6H,3H2,1-2H3;2-4,6,10H,5H2,1H3,(H,11,12);1-2H,(H,5,6). The number of ether oxygens (including phenoxy) is 6. The summed E-state index contributed by atoms with van der Waals surface area (Å²) in [5, 5.41) is 45.5. The first-order valence-electron chi connectivity index (χ1n) is 29.9. The Bertz CT molecular complexity index is 4560. The zero-order chi connectivity index (χ0) is 70.7. The molecule has 98 heavy (non-hydrogen) atoms. The summed E-state index contributed by atoms with van der Waals surface area (Å²) >= 11 is 3.33. The molecule has 0 unspecified atom stereocenters. The third kappa shape index (κ3) is 20.4. The minimum atomic E-state index is -1.05. The molecular weight excluding hydrogens is 1340 g/mol. The molecule has 512 valence electrons. The summed E-state index contributed by atoms with van der Waals surface area (Å²) in [4.78, 5) is 48.1. The second-order valence-corrected chi connectivity index (χ2v) is 21.0. The van der Waals surface area contributed by atoms with Gasteiger partial charge in [0.25, 0.3) is 5.91 Å². The fourth-order valence-corrected chi connectivity index (χ4v) is 9.42. The van der Waals surface area contributed by atoms with Crippen LogP contribution in [-0.2, 0) is 22.6 Å². The van der Waals surface area contributed by atoms with Gasteiger partial charge < -0.3 is 43.7 Å². The molecule has 30 heteroatoms. The molecule has 0 aliphatic heterocycles. The number of carbonyl (C=O) groups is 4. The minimum Gasteiger partial charge on any atom is -0.493 e. The highest BCUT2D eigenvalue weighted by molar-refractivity contribution is 9.10. The number of carbonyl (C=O) groups excluding carboxylic acids is 3. The van der Waals surface area contributed by atoms with Gasteiger partial charge in [-0.2, -0.15) is 30.6 Å². The first-order valence-corrected chi connectivity index (χ1v) is 30.7.